The van der Waals surface area contributed by atoms with Crippen molar-refractivity contribution in [3.63, 3.8) is 0 Å². The molecular formula is C18H15F3N4O2. The number of amides is 1. The number of halogens is 3. The molecule has 6 nitrogen and oxygen atoms in total. The number of nitriles is 1. The molecule has 2 aromatic rings. The lowest BCUT2D eigenvalue weighted by Crippen LogP contribution is -2.36. The molecule has 0 spiro atoms. The van der Waals surface area contributed by atoms with Crippen LogP contribution in [0.5, 0.6) is 5.75 Å². The van der Waals surface area contributed by atoms with Gasteiger partial charge in [0.25, 0.3) is 5.91 Å². The lowest BCUT2D eigenvalue weighted by atomic mass is 10.1. The molecule has 1 aliphatic rings. The first kappa shape index (κ1) is 18.5. The molecule has 27 heavy (non-hydrogen) atoms. The van der Waals surface area contributed by atoms with Crippen molar-refractivity contribution in [1.82, 2.24) is 15.2 Å². The number of alkyl halides is 3. The van der Waals surface area contributed by atoms with E-state index in [1.165, 1.54) is 30.5 Å². The van der Waals surface area contributed by atoms with Gasteiger partial charge < -0.3 is 15.0 Å². The SMILES string of the molecule is N#CN1CCC(NC(=O)c2cc(-c3cccc(OC(F)(F)F)c3)ccn2)C1. The van der Waals surface area contributed by atoms with Crippen molar-refractivity contribution in [3.05, 3.63) is 48.3 Å². The van der Waals surface area contributed by atoms with Crippen molar-refractivity contribution in [2.45, 2.75) is 18.8 Å². The Kier molecular flexibility index (Phi) is 5.16. The highest BCUT2D eigenvalue weighted by molar-refractivity contribution is 5.93. The van der Waals surface area contributed by atoms with Crippen LogP contribution in [-0.2, 0) is 0 Å². The van der Waals surface area contributed by atoms with E-state index in [1.54, 1.807) is 17.0 Å². The summed E-state index contributed by atoms with van der Waals surface area (Å²) < 4.78 is 41.1. The minimum Gasteiger partial charge on any atom is -0.406 e. The fourth-order valence-electron chi connectivity index (χ4n) is 2.84. The number of nitrogens with zero attached hydrogens (tertiary/aromatic N) is 3. The minimum atomic E-state index is -4.78. The Morgan fingerprint density at radius 3 is 2.78 bits per heavy atom. The van der Waals surface area contributed by atoms with Crippen molar-refractivity contribution in [2.24, 2.45) is 0 Å². The number of likely N-dealkylation sites (tertiary alicyclic amines) is 1. The highest BCUT2D eigenvalue weighted by atomic mass is 19.4. The summed E-state index contributed by atoms with van der Waals surface area (Å²) in [5, 5.41) is 11.7. The van der Waals surface area contributed by atoms with Gasteiger partial charge in [-0.25, -0.2) is 0 Å². The van der Waals surface area contributed by atoms with Gasteiger partial charge in [0, 0.05) is 25.3 Å². The third kappa shape index (κ3) is 4.88. The van der Waals surface area contributed by atoms with Gasteiger partial charge in [-0.15, -0.1) is 13.2 Å². The van der Waals surface area contributed by atoms with E-state index in [2.05, 4.69) is 15.0 Å². The summed E-state index contributed by atoms with van der Waals surface area (Å²) in [7, 11) is 0. The van der Waals surface area contributed by atoms with Crippen molar-refractivity contribution < 1.29 is 22.7 Å². The summed E-state index contributed by atoms with van der Waals surface area (Å²) in [4.78, 5) is 18.0. The fraction of sp³-hybridized carbons (Fsp3) is 0.278. The third-order valence-electron chi connectivity index (χ3n) is 4.06. The predicted octanol–water partition coefficient (Wildman–Crippen LogP) is 2.93. The highest BCUT2D eigenvalue weighted by Crippen LogP contribution is 2.28. The smallest absolute Gasteiger partial charge is 0.406 e. The molecule has 1 N–H and O–H groups in total. The number of hydrogen-bond donors (Lipinski definition) is 1. The molecule has 3 rings (SSSR count). The Bertz CT molecular complexity index is 879. The second-order valence-corrected chi connectivity index (χ2v) is 6.01. The van der Waals surface area contributed by atoms with E-state index >= 15 is 0 Å². The Labute approximate surface area is 153 Å². The molecule has 1 amide bonds. The zero-order valence-corrected chi connectivity index (χ0v) is 14.0. The summed E-state index contributed by atoms with van der Waals surface area (Å²) >= 11 is 0. The molecule has 0 bridgehead atoms. The monoisotopic (exact) mass is 376 g/mol. The van der Waals surface area contributed by atoms with Crippen LogP contribution in [0, 0.1) is 11.5 Å². The molecule has 1 saturated heterocycles. The second kappa shape index (κ2) is 7.53. The molecule has 9 heteroatoms. The van der Waals surface area contributed by atoms with Gasteiger partial charge in [-0.1, -0.05) is 12.1 Å². The standard InChI is InChI=1S/C18H15F3N4O2/c19-18(20,21)27-15-3-1-2-12(8-15)13-4-6-23-16(9-13)17(26)24-14-5-7-25(10-14)11-22/h1-4,6,8-9,14H,5,7,10H2,(H,24,26). The number of hydrogen-bond acceptors (Lipinski definition) is 5. The Balaban J connectivity index is 1.75. The number of aromatic nitrogens is 1. The van der Waals surface area contributed by atoms with Gasteiger partial charge in [0.15, 0.2) is 6.19 Å². The van der Waals surface area contributed by atoms with E-state index in [9.17, 15) is 18.0 Å². The first-order valence-corrected chi connectivity index (χ1v) is 8.12. The van der Waals surface area contributed by atoms with Gasteiger partial charge in [0.1, 0.15) is 11.4 Å². The fourth-order valence-corrected chi connectivity index (χ4v) is 2.84. The van der Waals surface area contributed by atoms with Crippen LogP contribution in [0.1, 0.15) is 16.9 Å². The van der Waals surface area contributed by atoms with E-state index in [4.69, 9.17) is 5.26 Å². The van der Waals surface area contributed by atoms with Crippen LogP contribution in [0.15, 0.2) is 42.6 Å². The molecular weight excluding hydrogens is 361 g/mol. The molecule has 0 radical (unpaired) electrons. The topological polar surface area (TPSA) is 78.2 Å². The predicted molar refractivity (Wildman–Crippen MR) is 89.4 cm³/mol. The molecule has 2 heterocycles. The Morgan fingerprint density at radius 1 is 1.30 bits per heavy atom. The first-order valence-electron chi connectivity index (χ1n) is 8.12. The third-order valence-corrected chi connectivity index (χ3v) is 4.06. The molecule has 0 aliphatic carbocycles. The van der Waals surface area contributed by atoms with Crippen molar-refractivity contribution in [3.8, 4) is 23.1 Å². The van der Waals surface area contributed by atoms with Gasteiger partial charge in [-0.05, 0) is 41.8 Å². The van der Waals surface area contributed by atoms with Gasteiger partial charge in [-0.2, -0.15) is 5.26 Å². The molecule has 1 unspecified atom stereocenters. The molecule has 1 atom stereocenters. The number of pyridine rings is 1. The van der Waals surface area contributed by atoms with Crippen molar-refractivity contribution >= 4 is 5.91 Å². The van der Waals surface area contributed by atoms with E-state index in [-0.39, 0.29) is 17.5 Å². The summed E-state index contributed by atoms with van der Waals surface area (Å²) in [6.45, 7) is 1.03. The first-order chi connectivity index (χ1) is 12.8. The molecule has 140 valence electrons. The lowest BCUT2D eigenvalue weighted by molar-refractivity contribution is -0.274. The Morgan fingerprint density at radius 2 is 2.07 bits per heavy atom. The second-order valence-electron chi connectivity index (χ2n) is 6.01. The van der Waals surface area contributed by atoms with Gasteiger partial charge in [-0.3, -0.25) is 9.78 Å². The van der Waals surface area contributed by atoms with Crippen LogP contribution in [0.4, 0.5) is 13.2 Å². The van der Waals surface area contributed by atoms with Crippen molar-refractivity contribution in [2.75, 3.05) is 13.1 Å². The summed E-state index contributed by atoms with van der Waals surface area (Å²) in [5.74, 6) is -0.741. The molecule has 1 aliphatic heterocycles. The normalized spacial score (nSPS) is 16.7. The van der Waals surface area contributed by atoms with E-state index in [0.717, 1.165) is 0 Å². The van der Waals surface area contributed by atoms with Crippen LogP contribution < -0.4 is 10.1 Å². The lowest BCUT2D eigenvalue weighted by Gasteiger charge is -2.13. The average Bonchev–Trinajstić information content (AvgIpc) is 3.08. The largest absolute Gasteiger partial charge is 0.573 e. The average molecular weight is 376 g/mol. The summed E-state index contributed by atoms with van der Waals surface area (Å²) in [5.41, 5.74) is 1.14. The minimum absolute atomic E-state index is 0.144. The van der Waals surface area contributed by atoms with E-state index in [1.807, 2.05) is 6.19 Å². The summed E-state index contributed by atoms with van der Waals surface area (Å²) in [6.07, 6.45) is -0.667. The Hall–Kier alpha value is -3.28. The number of nitrogens with one attached hydrogen (secondary N) is 1. The number of rotatable bonds is 4. The van der Waals surface area contributed by atoms with Crippen LogP contribution in [0.25, 0.3) is 11.1 Å². The molecule has 1 fully saturated rings. The quantitative estimate of drug-likeness (QED) is 0.830. The van der Waals surface area contributed by atoms with E-state index < -0.39 is 12.3 Å². The van der Waals surface area contributed by atoms with Gasteiger partial charge in [0.2, 0.25) is 0 Å². The van der Waals surface area contributed by atoms with Crippen LogP contribution >= 0.6 is 0 Å². The van der Waals surface area contributed by atoms with Gasteiger partial charge in [0.05, 0.1) is 0 Å². The molecule has 0 saturated carbocycles. The van der Waals surface area contributed by atoms with Crippen molar-refractivity contribution in [1.29, 1.82) is 5.26 Å². The number of carbonyl (C=O) groups excluding carboxylic acids is 1. The number of carbonyl (C=O) groups is 1. The maximum absolute atomic E-state index is 12.4. The highest BCUT2D eigenvalue weighted by Gasteiger charge is 2.31. The maximum Gasteiger partial charge on any atom is 0.573 e. The zero-order chi connectivity index (χ0) is 19.4. The molecule has 1 aromatic heterocycles. The van der Waals surface area contributed by atoms with E-state index in [0.29, 0.717) is 30.6 Å². The van der Waals surface area contributed by atoms with Gasteiger partial charge >= 0.3 is 6.36 Å². The zero-order valence-electron chi connectivity index (χ0n) is 14.0. The van der Waals surface area contributed by atoms with Crippen LogP contribution in [0.2, 0.25) is 0 Å². The number of benzene rings is 1. The van der Waals surface area contributed by atoms with Crippen LogP contribution in [-0.4, -0.2) is 41.3 Å². The summed E-state index contributed by atoms with van der Waals surface area (Å²) in [6, 6.07) is 8.44. The maximum atomic E-state index is 12.4. The van der Waals surface area contributed by atoms with Crippen LogP contribution in [0.3, 0.4) is 0 Å². The molecule has 1 aromatic carbocycles. The number of ether oxygens (including phenoxy) is 1.